The summed E-state index contributed by atoms with van der Waals surface area (Å²) in [5, 5.41) is 3.14. The van der Waals surface area contributed by atoms with E-state index in [2.05, 4.69) is 5.32 Å². The summed E-state index contributed by atoms with van der Waals surface area (Å²) in [5.74, 6) is -0.668. The van der Waals surface area contributed by atoms with Gasteiger partial charge in [-0.05, 0) is 31.2 Å². The molecule has 1 atom stereocenters. The van der Waals surface area contributed by atoms with Crippen LogP contribution >= 0.6 is 0 Å². The van der Waals surface area contributed by atoms with Crippen LogP contribution < -0.4 is 11.1 Å². The molecule has 21 heavy (non-hydrogen) atoms. The van der Waals surface area contributed by atoms with E-state index in [1.807, 2.05) is 20.0 Å². The number of sulfonamides is 1. The number of carbonyl (C=O) groups is 1. The van der Waals surface area contributed by atoms with Crippen LogP contribution in [0.2, 0.25) is 0 Å². The van der Waals surface area contributed by atoms with Crippen LogP contribution in [0.5, 0.6) is 0 Å². The van der Waals surface area contributed by atoms with Crippen LogP contribution in [0.4, 0.5) is 0 Å². The molecule has 1 aromatic rings. The summed E-state index contributed by atoms with van der Waals surface area (Å²) in [5.41, 5.74) is 6.01. The lowest BCUT2D eigenvalue weighted by molar-refractivity contribution is -0.118. The van der Waals surface area contributed by atoms with Gasteiger partial charge in [-0.1, -0.05) is 26.0 Å². The number of primary amides is 1. The van der Waals surface area contributed by atoms with Crippen molar-refractivity contribution in [1.82, 2.24) is 9.62 Å². The average molecular weight is 313 g/mol. The second kappa shape index (κ2) is 7.53. The van der Waals surface area contributed by atoms with Crippen molar-refractivity contribution in [2.45, 2.75) is 31.2 Å². The summed E-state index contributed by atoms with van der Waals surface area (Å²) in [7, 11) is -1.88. The molecular formula is C14H23N3O3S. The van der Waals surface area contributed by atoms with Gasteiger partial charge in [0.15, 0.2) is 0 Å². The number of rotatable bonds is 8. The van der Waals surface area contributed by atoms with Crippen LogP contribution in [-0.2, 0) is 14.8 Å². The molecule has 0 fully saturated rings. The van der Waals surface area contributed by atoms with E-state index >= 15 is 0 Å². The van der Waals surface area contributed by atoms with E-state index in [9.17, 15) is 13.2 Å². The molecule has 0 heterocycles. The largest absolute Gasteiger partial charge is 0.369 e. The number of nitrogens with one attached hydrogen (secondary N) is 1. The Morgan fingerprint density at radius 3 is 2.52 bits per heavy atom. The number of amides is 1. The van der Waals surface area contributed by atoms with Gasteiger partial charge in [-0.3, -0.25) is 4.79 Å². The molecule has 3 N–H and O–H groups in total. The van der Waals surface area contributed by atoms with E-state index in [1.165, 1.54) is 6.07 Å². The van der Waals surface area contributed by atoms with E-state index in [1.54, 1.807) is 19.1 Å². The van der Waals surface area contributed by atoms with Crippen molar-refractivity contribution in [3.8, 4) is 0 Å². The minimum Gasteiger partial charge on any atom is -0.369 e. The number of nitrogens with zero attached hydrogens (tertiary/aromatic N) is 1. The van der Waals surface area contributed by atoms with Gasteiger partial charge in [0.05, 0.1) is 11.4 Å². The summed E-state index contributed by atoms with van der Waals surface area (Å²) in [4.78, 5) is 11.2. The fourth-order valence-corrected chi connectivity index (χ4v) is 3.66. The first-order chi connectivity index (χ1) is 9.86. The third-order valence-corrected chi connectivity index (χ3v) is 5.26. The highest BCUT2D eigenvalue weighted by molar-refractivity contribution is 7.89. The van der Waals surface area contributed by atoms with Gasteiger partial charge in [-0.15, -0.1) is 0 Å². The first-order valence-electron chi connectivity index (χ1n) is 6.92. The predicted octanol–water partition coefficient (Wildman–Crippen LogP) is 0.853. The fraction of sp³-hybridized carbons (Fsp3) is 0.500. The Bertz CT molecular complexity index is 583. The third-order valence-electron chi connectivity index (χ3n) is 3.34. The topological polar surface area (TPSA) is 92.5 Å². The number of carbonyl (C=O) groups excluding carboxylic acids is 1. The number of benzene rings is 1. The Balaban J connectivity index is 3.19. The molecule has 1 amide bonds. The van der Waals surface area contributed by atoms with Crippen LogP contribution in [0.1, 0.15) is 31.9 Å². The second-order valence-corrected chi connectivity index (χ2v) is 6.66. The molecule has 1 unspecified atom stereocenters. The number of likely N-dealkylation sites (N-methyl/N-ethyl adjacent to an activating group) is 1. The SMILES string of the molecule is CCC(NC)c1cccc(S(=O)(=O)N(CC)CC(N)=O)c1. The molecule has 7 heteroatoms. The van der Waals surface area contributed by atoms with Crippen molar-refractivity contribution in [2.75, 3.05) is 20.1 Å². The highest BCUT2D eigenvalue weighted by Gasteiger charge is 2.25. The maximum atomic E-state index is 12.5. The molecule has 6 nitrogen and oxygen atoms in total. The third kappa shape index (κ3) is 4.26. The number of hydrogen-bond acceptors (Lipinski definition) is 4. The van der Waals surface area contributed by atoms with Crippen molar-refractivity contribution >= 4 is 15.9 Å². The van der Waals surface area contributed by atoms with Gasteiger partial charge in [-0.25, -0.2) is 8.42 Å². The molecule has 0 radical (unpaired) electrons. The van der Waals surface area contributed by atoms with Crippen molar-refractivity contribution in [3.05, 3.63) is 29.8 Å². The van der Waals surface area contributed by atoms with Gasteiger partial charge in [0, 0.05) is 12.6 Å². The summed E-state index contributed by atoms with van der Waals surface area (Å²) in [6, 6.07) is 6.86. The fourth-order valence-electron chi connectivity index (χ4n) is 2.19. The van der Waals surface area contributed by atoms with Crippen molar-refractivity contribution in [1.29, 1.82) is 0 Å². The first kappa shape index (κ1) is 17.6. The molecule has 0 saturated heterocycles. The zero-order chi connectivity index (χ0) is 16.0. The molecular weight excluding hydrogens is 290 g/mol. The van der Waals surface area contributed by atoms with Gasteiger partial charge < -0.3 is 11.1 Å². The number of hydrogen-bond donors (Lipinski definition) is 2. The van der Waals surface area contributed by atoms with E-state index in [4.69, 9.17) is 5.73 Å². The first-order valence-corrected chi connectivity index (χ1v) is 8.36. The van der Waals surface area contributed by atoms with Crippen molar-refractivity contribution < 1.29 is 13.2 Å². The zero-order valence-corrected chi connectivity index (χ0v) is 13.5. The van der Waals surface area contributed by atoms with Crippen molar-refractivity contribution in [2.24, 2.45) is 5.73 Å². The Kier molecular flexibility index (Phi) is 6.32. The maximum absolute atomic E-state index is 12.5. The van der Waals surface area contributed by atoms with Crippen LogP contribution in [0.25, 0.3) is 0 Å². The zero-order valence-electron chi connectivity index (χ0n) is 12.7. The van der Waals surface area contributed by atoms with E-state index in [0.717, 1.165) is 16.3 Å². The Morgan fingerprint density at radius 1 is 1.38 bits per heavy atom. The highest BCUT2D eigenvalue weighted by atomic mass is 32.2. The van der Waals surface area contributed by atoms with E-state index in [-0.39, 0.29) is 24.0 Å². The van der Waals surface area contributed by atoms with Crippen LogP contribution in [-0.4, -0.2) is 38.8 Å². The minimum absolute atomic E-state index is 0.0892. The Morgan fingerprint density at radius 2 is 2.05 bits per heavy atom. The minimum atomic E-state index is -3.71. The quantitative estimate of drug-likeness (QED) is 0.744. The summed E-state index contributed by atoms with van der Waals surface area (Å²) in [6.07, 6.45) is 0.846. The van der Waals surface area contributed by atoms with E-state index < -0.39 is 15.9 Å². The standard InChI is InChI=1S/C14H23N3O3S/c1-4-13(16-3)11-7-6-8-12(9-11)21(19,20)17(5-2)10-14(15)18/h6-9,13,16H,4-5,10H2,1-3H3,(H2,15,18). The molecule has 0 saturated carbocycles. The summed E-state index contributed by atoms with van der Waals surface area (Å²) >= 11 is 0. The summed E-state index contributed by atoms with van der Waals surface area (Å²) in [6.45, 7) is 3.57. The van der Waals surface area contributed by atoms with Gasteiger partial charge in [-0.2, -0.15) is 4.31 Å². The molecule has 118 valence electrons. The maximum Gasteiger partial charge on any atom is 0.243 e. The van der Waals surface area contributed by atoms with E-state index in [0.29, 0.717) is 0 Å². The van der Waals surface area contributed by atoms with Gasteiger partial charge in [0.25, 0.3) is 0 Å². The highest BCUT2D eigenvalue weighted by Crippen LogP contribution is 2.22. The lowest BCUT2D eigenvalue weighted by Crippen LogP contribution is -2.38. The molecule has 0 spiro atoms. The molecule has 0 bridgehead atoms. The van der Waals surface area contributed by atoms with Gasteiger partial charge in [0.1, 0.15) is 0 Å². The van der Waals surface area contributed by atoms with Crippen LogP contribution in [0.3, 0.4) is 0 Å². The molecule has 0 aliphatic rings. The Hall–Kier alpha value is -1.44. The molecule has 0 aromatic heterocycles. The average Bonchev–Trinajstić information content (AvgIpc) is 2.46. The second-order valence-electron chi connectivity index (χ2n) is 4.72. The normalized spacial score (nSPS) is 13.3. The lowest BCUT2D eigenvalue weighted by Gasteiger charge is -2.20. The molecule has 1 aromatic carbocycles. The smallest absolute Gasteiger partial charge is 0.243 e. The molecule has 0 aliphatic heterocycles. The number of nitrogens with two attached hydrogens (primary N) is 1. The monoisotopic (exact) mass is 313 g/mol. The molecule has 1 rings (SSSR count). The van der Waals surface area contributed by atoms with Crippen molar-refractivity contribution in [3.63, 3.8) is 0 Å². The summed E-state index contributed by atoms with van der Waals surface area (Å²) < 4.78 is 26.2. The predicted molar refractivity (Wildman–Crippen MR) is 82.2 cm³/mol. The van der Waals surface area contributed by atoms with Gasteiger partial charge in [0.2, 0.25) is 15.9 Å². The van der Waals surface area contributed by atoms with Gasteiger partial charge >= 0.3 is 0 Å². The molecule has 0 aliphatic carbocycles. The van der Waals surface area contributed by atoms with Crippen LogP contribution in [0.15, 0.2) is 29.2 Å². The Labute approximate surface area is 126 Å². The van der Waals surface area contributed by atoms with Crippen LogP contribution in [0, 0.1) is 0 Å². The lowest BCUT2D eigenvalue weighted by atomic mass is 10.1.